The predicted octanol–water partition coefficient (Wildman–Crippen LogP) is 1.69. The zero-order chi connectivity index (χ0) is 17.1. The summed E-state index contributed by atoms with van der Waals surface area (Å²) >= 11 is 0. The van der Waals surface area contributed by atoms with Gasteiger partial charge in [0.05, 0.1) is 6.54 Å². The molecule has 0 radical (unpaired) electrons. The lowest BCUT2D eigenvalue weighted by molar-refractivity contribution is 0.0474. The standard InChI is InChI=1S/C18H20N2O4/c1-3-20(18(22)13-8-9-19(2)17(21)10-13)11-14-12-23-15-6-4-5-7-16(15)24-14/h4-10,14H,3,11-12H2,1-2H3/t14-/m0/s1. The van der Waals surface area contributed by atoms with Crippen molar-refractivity contribution >= 4 is 5.91 Å². The number of amides is 1. The van der Waals surface area contributed by atoms with Crippen LogP contribution in [0.3, 0.4) is 0 Å². The number of ether oxygens (including phenoxy) is 2. The van der Waals surface area contributed by atoms with Gasteiger partial charge in [0, 0.05) is 31.4 Å². The second-order valence-electron chi connectivity index (χ2n) is 5.71. The smallest absolute Gasteiger partial charge is 0.254 e. The highest BCUT2D eigenvalue weighted by Gasteiger charge is 2.25. The second-order valence-corrected chi connectivity index (χ2v) is 5.71. The first-order chi connectivity index (χ1) is 11.6. The number of nitrogens with zero attached hydrogens (tertiary/aromatic N) is 2. The Morgan fingerprint density at radius 3 is 2.75 bits per heavy atom. The number of hydrogen-bond donors (Lipinski definition) is 0. The third-order valence-corrected chi connectivity index (χ3v) is 4.01. The molecule has 1 atom stereocenters. The molecule has 6 nitrogen and oxygen atoms in total. The number of para-hydroxylation sites is 2. The van der Waals surface area contributed by atoms with E-state index in [9.17, 15) is 9.59 Å². The minimum absolute atomic E-state index is 0.183. The topological polar surface area (TPSA) is 60.8 Å². The largest absolute Gasteiger partial charge is 0.486 e. The Morgan fingerprint density at radius 2 is 2.04 bits per heavy atom. The van der Waals surface area contributed by atoms with Crippen LogP contribution in [0.4, 0.5) is 0 Å². The van der Waals surface area contributed by atoms with Crippen molar-refractivity contribution in [1.29, 1.82) is 0 Å². The fourth-order valence-electron chi connectivity index (χ4n) is 2.62. The minimum atomic E-state index is -0.240. The lowest BCUT2D eigenvalue weighted by Gasteiger charge is -2.31. The van der Waals surface area contributed by atoms with Crippen LogP contribution in [0.2, 0.25) is 0 Å². The fraction of sp³-hybridized carbons (Fsp3) is 0.333. The number of pyridine rings is 1. The van der Waals surface area contributed by atoms with E-state index in [1.807, 2.05) is 31.2 Å². The first-order valence-corrected chi connectivity index (χ1v) is 7.93. The van der Waals surface area contributed by atoms with Crippen molar-refractivity contribution in [2.75, 3.05) is 19.7 Å². The highest BCUT2D eigenvalue weighted by molar-refractivity contribution is 5.94. The van der Waals surface area contributed by atoms with E-state index in [1.54, 1.807) is 24.2 Å². The average Bonchev–Trinajstić information content (AvgIpc) is 2.61. The van der Waals surface area contributed by atoms with E-state index in [-0.39, 0.29) is 17.6 Å². The summed E-state index contributed by atoms with van der Waals surface area (Å²) in [7, 11) is 1.65. The van der Waals surface area contributed by atoms with Crippen LogP contribution in [-0.4, -0.2) is 41.2 Å². The third-order valence-electron chi connectivity index (χ3n) is 4.01. The van der Waals surface area contributed by atoms with Crippen molar-refractivity contribution in [3.8, 4) is 11.5 Å². The van der Waals surface area contributed by atoms with E-state index in [1.165, 1.54) is 10.6 Å². The van der Waals surface area contributed by atoms with Gasteiger partial charge in [-0.1, -0.05) is 12.1 Å². The van der Waals surface area contributed by atoms with E-state index in [2.05, 4.69) is 0 Å². The summed E-state index contributed by atoms with van der Waals surface area (Å²) < 4.78 is 13.0. The van der Waals surface area contributed by atoms with Gasteiger partial charge < -0.3 is 18.9 Å². The molecule has 3 rings (SSSR count). The van der Waals surface area contributed by atoms with Crippen molar-refractivity contribution in [3.63, 3.8) is 0 Å². The maximum atomic E-state index is 12.6. The SMILES string of the molecule is CCN(C[C@H]1COc2ccccc2O1)C(=O)c1ccn(C)c(=O)c1. The van der Waals surface area contributed by atoms with Crippen molar-refractivity contribution in [1.82, 2.24) is 9.47 Å². The van der Waals surface area contributed by atoms with Gasteiger partial charge in [0.1, 0.15) is 6.61 Å². The average molecular weight is 328 g/mol. The molecule has 0 N–H and O–H groups in total. The second kappa shape index (κ2) is 6.78. The van der Waals surface area contributed by atoms with Crippen molar-refractivity contribution in [3.05, 3.63) is 58.5 Å². The number of rotatable bonds is 4. The monoisotopic (exact) mass is 328 g/mol. The molecule has 2 heterocycles. The van der Waals surface area contributed by atoms with E-state index in [0.717, 1.165) is 5.75 Å². The Hall–Kier alpha value is -2.76. The molecular formula is C18H20N2O4. The molecule has 0 aliphatic carbocycles. The van der Waals surface area contributed by atoms with Crippen molar-refractivity contribution in [2.24, 2.45) is 7.05 Å². The lowest BCUT2D eigenvalue weighted by atomic mass is 10.2. The molecule has 24 heavy (non-hydrogen) atoms. The minimum Gasteiger partial charge on any atom is -0.486 e. The quantitative estimate of drug-likeness (QED) is 0.857. The molecule has 0 saturated carbocycles. The van der Waals surface area contributed by atoms with Crippen LogP contribution in [0.1, 0.15) is 17.3 Å². The molecule has 1 aromatic heterocycles. The summed E-state index contributed by atoms with van der Waals surface area (Å²) in [5.74, 6) is 1.22. The van der Waals surface area contributed by atoms with E-state index >= 15 is 0 Å². The van der Waals surface area contributed by atoms with Crippen LogP contribution < -0.4 is 15.0 Å². The molecule has 1 aliphatic heterocycles. The Balaban J connectivity index is 1.72. The van der Waals surface area contributed by atoms with Crippen LogP contribution in [0.25, 0.3) is 0 Å². The van der Waals surface area contributed by atoms with Crippen LogP contribution in [0, 0.1) is 0 Å². The van der Waals surface area contributed by atoms with Gasteiger partial charge >= 0.3 is 0 Å². The number of fused-ring (bicyclic) bond motifs is 1. The number of carbonyl (C=O) groups is 1. The van der Waals surface area contributed by atoms with E-state index in [4.69, 9.17) is 9.47 Å². The third kappa shape index (κ3) is 3.27. The molecule has 6 heteroatoms. The molecule has 1 amide bonds. The van der Waals surface area contributed by atoms with E-state index in [0.29, 0.717) is 31.0 Å². The van der Waals surface area contributed by atoms with Crippen LogP contribution in [-0.2, 0) is 7.05 Å². The molecule has 0 unspecified atom stereocenters. The highest BCUT2D eigenvalue weighted by Crippen LogP contribution is 2.31. The number of likely N-dealkylation sites (N-methyl/N-ethyl adjacent to an activating group) is 1. The van der Waals surface area contributed by atoms with E-state index < -0.39 is 0 Å². The molecule has 2 aromatic rings. The molecule has 0 saturated heterocycles. The van der Waals surface area contributed by atoms with Crippen molar-refractivity contribution in [2.45, 2.75) is 13.0 Å². The predicted molar refractivity (Wildman–Crippen MR) is 89.6 cm³/mol. The Bertz CT molecular complexity index is 800. The fourth-order valence-corrected chi connectivity index (χ4v) is 2.62. The number of hydrogen-bond acceptors (Lipinski definition) is 4. The van der Waals surface area contributed by atoms with Gasteiger partial charge in [-0.05, 0) is 25.1 Å². The first kappa shape index (κ1) is 16.1. The van der Waals surface area contributed by atoms with Crippen molar-refractivity contribution < 1.29 is 14.3 Å². The molecular weight excluding hydrogens is 308 g/mol. The molecule has 126 valence electrons. The Labute approximate surface area is 140 Å². The van der Waals surface area contributed by atoms with Crippen LogP contribution >= 0.6 is 0 Å². The first-order valence-electron chi connectivity index (χ1n) is 7.93. The number of aryl methyl sites for hydroxylation is 1. The van der Waals surface area contributed by atoms with Gasteiger partial charge in [-0.15, -0.1) is 0 Å². The zero-order valence-electron chi connectivity index (χ0n) is 13.8. The van der Waals surface area contributed by atoms with Gasteiger partial charge in [-0.2, -0.15) is 0 Å². The van der Waals surface area contributed by atoms with Crippen LogP contribution in [0.15, 0.2) is 47.4 Å². The zero-order valence-corrected chi connectivity index (χ0v) is 13.8. The normalized spacial score (nSPS) is 15.8. The summed E-state index contributed by atoms with van der Waals surface area (Å²) in [6, 6.07) is 10.5. The molecule has 0 spiro atoms. The van der Waals surface area contributed by atoms with Crippen LogP contribution in [0.5, 0.6) is 11.5 Å². The number of carbonyl (C=O) groups excluding carboxylic acids is 1. The molecule has 1 aromatic carbocycles. The maximum Gasteiger partial charge on any atom is 0.254 e. The molecule has 0 bridgehead atoms. The van der Waals surface area contributed by atoms with Gasteiger partial charge in [0.25, 0.3) is 11.5 Å². The number of aromatic nitrogens is 1. The Kier molecular flexibility index (Phi) is 4.55. The number of benzene rings is 1. The van der Waals surface area contributed by atoms with Gasteiger partial charge in [-0.3, -0.25) is 9.59 Å². The van der Waals surface area contributed by atoms with Gasteiger partial charge in [0.2, 0.25) is 0 Å². The van der Waals surface area contributed by atoms with Gasteiger partial charge in [0.15, 0.2) is 17.6 Å². The summed E-state index contributed by atoms with van der Waals surface area (Å²) in [5, 5.41) is 0. The summed E-state index contributed by atoms with van der Waals surface area (Å²) in [6.07, 6.45) is 1.36. The highest BCUT2D eigenvalue weighted by atomic mass is 16.6. The Morgan fingerprint density at radius 1 is 1.29 bits per heavy atom. The van der Waals surface area contributed by atoms with Gasteiger partial charge in [-0.25, -0.2) is 0 Å². The molecule has 0 fully saturated rings. The summed E-state index contributed by atoms with van der Waals surface area (Å²) in [6.45, 7) is 3.21. The molecule has 1 aliphatic rings. The summed E-state index contributed by atoms with van der Waals surface area (Å²) in [4.78, 5) is 26.0. The lowest BCUT2D eigenvalue weighted by Crippen LogP contribution is -2.43. The summed E-state index contributed by atoms with van der Waals surface area (Å²) in [5.41, 5.74) is 0.181. The maximum absolute atomic E-state index is 12.6.